The van der Waals surface area contributed by atoms with Crippen LogP contribution >= 0.6 is 0 Å². The van der Waals surface area contributed by atoms with Gasteiger partial charge in [0.15, 0.2) is 0 Å². The van der Waals surface area contributed by atoms with Crippen LogP contribution in [-0.2, 0) is 16.0 Å². The molecule has 1 N–H and O–H groups in total. The lowest BCUT2D eigenvalue weighted by molar-refractivity contribution is -0.143. The zero-order chi connectivity index (χ0) is 21.0. The molecule has 5 nitrogen and oxygen atoms in total. The summed E-state index contributed by atoms with van der Waals surface area (Å²) in [5.41, 5.74) is 6.20. The van der Waals surface area contributed by atoms with E-state index in [0.717, 1.165) is 28.2 Å². The number of rotatable bonds is 7. The highest BCUT2D eigenvalue weighted by Gasteiger charge is 2.16. The number of hydrogen-bond acceptors (Lipinski definition) is 3. The molecule has 5 heteroatoms. The first-order valence-electron chi connectivity index (χ1n) is 9.68. The largest absolute Gasteiger partial charge is 0.478 e. The van der Waals surface area contributed by atoms with Crippen molar-refractivity contribution in [2.45, 2.75) is 33.6 Å². The number of carbonyl (C=O) groups excluding carboxylic acids is 1. The molecule has 0 saturated carbocycles. The summed E-state index contributed by atoms with van der Waals surface area (Å²) in [6.45, 7) is 6.10. The second-order valence-electron chi connectivity index (χ2n) is 7.02. The number of benzene rings is 2. The average Bonchev–Trinajstić information content (AvgIpc) is 3.10. The average molecular weight is 391 g/mol. The lowest BCUT2D eigenvalue weighted by Gasteiger charge is -2.17. The molecular weight excluding hydrogens is 366 g/mol. The predicted molar refractivity (Wildman–Crippen MR) is 113 cm³/mol. The van der Waals surface area contributed by atoms with Gasteiger partial charge in [0.05, 0.1) is 24.3 Å². The molecule has 0 atom stereocenters. The highest BCUT2D eigenvalue weighted by Crippen LogP contribution is 2.30. The van der Waals surface area contributed by atoms with Crippen LogP contribution in [0, 0.1) is 13.8 Å². The van der Waals surface area contributed by atoms with E-state index in [-0.39, 0.29) is 18.0 Å². The quantitative estimate of drug-likeness (QED) is 0.578. The lowest BCUT2D eigenvalue weighted by atomic mass is 10.1. The molecule has 0 aliphatic rings. The fraction of sp³-hybridized carbons (Fsp3) is 0.250. The fourth-order valence-electron chi connectivity index (χ4n) is 3.41. The van der Waals surface area contributed by atoms with Crippen molar-refractivity contribution >= 4 is 11.9 Å². The monoisotopic (exact) mass is 391 g/mol. The summed E-state index contributed by atoms with van der Waals surface area (Å²) in [4.78, 5) is 23.2. The van der Waals surface area contributed by atoms with Crippen molar-refractivity contribution in [3.05, 3.63) is 77.0 Å². The number of carbonyl (C=O) groups is 2. The van der Waals surface area contributed by atoms with Gasteiger partial charge in [-0.2, -0.15) is 0 Å². The minimum absolute atomic E-state index is 0.227. The molecule has 29 heavy (non-hydrogen) atoms. The summed E-state index contributed by atoms with van der Waals surface area (Å²) in [6.07, 6.45) is 0.822. The van der Waals surface area contributed by atoms with Gasteiger partial charge in [-0.05, 0) is 68.7 Å². The zero-order valence-corrected chi connectivity index (χ0v) is 16.9. The van der Waals surface area contributed by atoms with Crippen LogP contribution in [0.25, 0.3) is 16.9 Å². The van der Waals surface area contributed by atoms with E-state index in [4.69, 9.17) is 4.74 Å². The molecule has 0 bridgehead atoms. The number of aryl methyl sites for hydroxylation is 3. The number of aromatic nitrogens is 1. The molecule has 3 aromatic rings. The van der Waals surface area contributed by atoms with E-state index in [9.17, 15) is 14.7 Å². The van der Waals surface area contributed by atoms with Crippen molar-refractivity contribution in [3.8, 4) is 16.9 Å². The van der Waals surface area contributed by atoms with Crippen molar-refractivity contribution in [2.24, 2.45) is 0 Å². The number of esters is 1. The Kier molecular flexibility index (Phi) is 6.17. The second-order valence-corrected chi connectivity index (χ2v) is 7.02. The molecule has 0 saturated heterocycles. The van der Waals surface area contributed by atoms with Crippen LogP contribution in [0.5, 0.6) is 0 Å². The lowest BCUT2D eigenvalue weighted by Crippen LogP contribution is -2.09. The van der Waals surface area contributed by atoms with Crippen LogP contribution in [0.3, 0.4) is 0 Å². The summed E-state index contributed by atoms with van der Waals surface area (Å²) in [5.74, 6) is -1.18. The van der Waals surface area contributed by atoms with Gasteiger partial charge in [-0.3, -0.25) is 4.79 Å². The third-order valence-corrected chi connectivity index (χ3v) is 4.88. The van der Waals surface area contributed by atoms with Crippen molar-refractivity contribution in [1.82, 2.24) is 4.57 Å². The fourth-order valence-corrected chi connectivity index (χ4v) is 3.41. The number of carboxylic acid groups (broad SMARTS) is 1. The molecule has 150 valence electrons. The first kappa shape index (κ1) is 20.4. The Balaban J connectivity index is 2.08. The van der Waals surface area contributed by atoms with Crippen LogP contribution in [0.1, 0.15) is 40.5 Å². The smallest absolute Gasteiger partial charge is 0.335 e. The number of carboxylic acids is 1. The van der Waals surface area contributed by atoms with Crippen LogP contribution in [0.15, 0.2) is 54.6 Å². The Morgan fingerprint density at radius 3 is 2.34 bits per heavy atom. The Hall–Kier alpha value is -3.34. The summed E-state index contributed by atoms with van der Waals surface area (Å²) in [5, 5.41) is 9.28. The molecule has 0 amide bonds. The van der Waals surface area contributed by atoms with E-state index in [0.29, 0.717) is 13.0 Å². The first-order valence-corrected chi connectivity index (χ1v) is 9.68. The Labute approximate surface area is 170 Å². The summed E-state index contributed by atoms with van der Waals surface area (Å²) in [7, 11) is 0. The van der Waals surface area contributed by atoms with Gasteiger partial charge in [0, 0.05) is 11.4 Å². The topological polar surface area (TPSA) is 68.5 Å². The van der Waals surface area contributed by atoms with Gasteiger partial charge in [-0.1, -0.05) is 29.8 Å². The van der Waals surface area contributed by atoms with Gasteiger partial charge in [0.2, 0.25) is 0 Å². The molecule has 0 aliphatic carbocycles. The number of ether oxygens (including phenoxy) is 1. The standard InChI is InChI=1S/C24H25NO4/c1-4-29-23(26)14-11-20-10-13-22(18-7-5-16(2)6-8-18)25(20)21-12-9-19(24(27)28)15-17(21)3/h5-10,12-13,15H,4,11,14H2,1-3H3,(H,27,28). The van der Waals surface area contributed by atoms with Gasteiger partial charge in [-0.25, -0.2) is 4.79 Å². The molecule has 3 rings (SSSR count). The van der Waals surface area contributed by atoms with E-state index in [1.54, 1.807) is 19.1 Å². The van der Waals surface area contributed by atoms with Crippen molar-refractivity contribution in [3.63, 3.8) is 0 Å². The minimum atomic E-state index is -0.951. The highest BCUT2D eigenvalue weighted by atomic mass is 16.5. The van der Waals surface area contributed by atoms with E-state index in [2.05, 4.69) is 28.8 Å². The van der Waals surface area contributed by atoms with E-state index >= 15 is 0 Å². The minimum Gasteiger partial charge on any atom is -0.478 e. The number of aromatic carboxylic acids is 1. The van der Waals surface area contributed by atoms with Gasteiger partial charge in [0.1, 0.15) is 0 Å². The molecule has 0 radical (unpaired) electrons. The van der Waals surface area contributed by atoms with Crippen LogP contribution in [-0.4, -0.2) is 28.2 Å². The summed E-state index contributed by atoms with van der Waals surface area (Å²) in [6, 6.07) is 17.4. The first-order chi connectivity index (χ1) is 13.9. The number of hydrogen-bond donors (Lipinski definition) is 1. The molecule has 0 spiro atoms. The molecule has 1 aromatic heterocycles. The van der Waals surface area contributed by atoms with Crippen molar-refractivity contribution in [1.29, 1.82) is 0 Å². The van der Waals surface area contributed by atoms with Gasteiger partial charge < -0.3 is 14.4 Å². The van der Waals surface area contributed by atoms with Crippen molar-refractivity contribution < 1.29 is 19.4 Å². The maximum absolute atomic E-state index is 11.9. The van der Waals surface area contributed by atoms with E-state index in [1.807, 2.05) is 32.0 Å². The molecule has 0 unspecified atom stereocenters. The zero-order valence-electron chi connectivity index (χ0n) is 16.9. The Bertz CT molecular complexity index is 1030. The third kappa shape index (κ3) is 4.57. The van der Waals surface area contributed by atoms with Gasteiger partial charge in [-0.15, -0.1) is 0 Å². The van der Waals surface area contributed by atoms with Crippen LogP contribution < -0.4 is 0 Å². The van der Waals surface area contributed by atoms with E-state index < -0.39 is 5.97 Å². The molecular formula is C24H25NO4. The summed E-state index contributed by atoms with van der Waals surface area (Å²) >= 11 is 0. The number of nitrogens with zero attached hydrogens (tertiary/aromatic N) is 1. The normalized spacial score (nSPS) is 10.7. The second kappa shape index (κ2) is 8.78. The molecule has 0 aliphatic heterocycles. The maximum atomic E-state index is 11.9. The third-order valence-electron chi connectivity index (χ3n) is 4.88. The van der Waals surface area contributed by atoms with Gasteiger partial charge >= 0.3 is 11.9 Å². The SMILES string of the molecule is CCOC(=O)CCc1ccc(-c2ccc(C)cc2)n1-c1ccc(C(=O)O)cc1C. The van der Waals surface area contributed by atoms with Crippen molar-refractivity contribution in [2.75, 3.05) is 6.61 Å². The summed E-state index contributed by atoms with van der Waals surface area (Å²) < 4.78 is 7.17. The van der Waals surface area contributed by atoms with E-state index in [1.165, 1.54) is 5.56 Å². The molecule has 0 fully saturated rings. The van der Waals surface area contributed by atoms with Gasteiger partial charge in [0.25, 0.3) is 0 Å². The maximum Gasteiger partial charge on any atom is 0.335 e. The predicted octanol–water partition coefficient (Wildman–Crippen LogP) is 4.96. The Morgan fingerprint density at radius 1 is 1.00 bits per heavy atom. The Morgan fingerprint density at radius 2 is 1.72 bits per heavy atom. The highest BCUT2D eigenvalue weighted by molar-refractivity contribution is 5.88. The van der Waals surface area contributed by atoms with Crippen LogP contribution in [0.2, 0.25) is 0 Å². The molecule has 1 heterocycles. The van der Waals surface area contributed by atoms with Crippen LogP contribution in [0.4, 0.5) is 0 Å². The molecule has 2 aromatic carbocycles.